The van der Waals surface area contributed by atoms with Crippen molar-refractivity contribution >= 4 is 5.82 Å². The average molecular weight is 299 g/mol. The van der Waals surface area contributed by atoms with Crippen LogP contribution in [0.3, 0.4) is 0 Å². The van der Waals surface area contributed by atoms with E-state index < -0.39 is 0 Å². The number of quaternary nitrogens is 1. The van der Waals surface area contributed by atoms with Gasteiger partial charge in [-0.25, -0.2) is 4.98 Å². The highest BCUT2D eigenvalue weighted by atomic mass is 16.5. The number of pyridine rings is 1. The number of nitrogens with one attached hydrogen (secondary N) is 2. The van der Waals surface area contributed by atoms with E-state index in [0.717, 1.165) is 25.4 Å². The number of piperazine rings is 1. The van der Waals surface area contributed by atoms with Crippen LogP contribution >= 0.6 is 0 Å². The van der Waals surface area contributed by atoms with E-state index in [-0.39, 0.29) is 0 Å². The van der Waals surface area contributed by atoms with Crippen LogP contribution in [-0.2, 0) is 6.54 Å². The summed E-state index contributed by atoms with van der Waals surface area (Å²) < 4.78 is 5.34. The van der Waals surface area contributed by atoms with Crippen LogP contribution in [0, 0.1) is 6.92 Å². The van der Waals surface area contributed by atoms with Gasteiger partial charge in [-0.3, -0.25) is 4.90 Å². The molecule has 1 saturated heterocycles. The largest absolute Gasteiger partial charge is 0.496 e. The first-order valence-electron chi connectivity index (χ1n) is 7.95. The van der Waals surface area contributed by atoms with Crippen molar-refractivity contribution in [3.8, 4) is 5.75 Å². The van der Waals surface area contributed by atoms with Crippen molar-refractivity contribution in [2.24, 2.45) is 0 Å². The Morgan fingerprint density at radius 3 is 2.64 bits per heavy atom. The van der Waals surface area contributed by atoms with Gasteiger partial charge < -0.3 is 9.64 Å². The monoisotopic (exact) mass is 299 g/mol. The van der Waals surface area contributed by atoms with Gasteiger partial charge in [0.2, 0.25) is 0 Å². The molecule has 1 aromatic heterocycles. The Hall–Kier alpha value is -2.07. The van der Waals surface area contributed by atoms with Crippen molar-refractivity contribution in [1.29, 1.82) is 0 Å². The summed E-state index contributed by atoms with van der Waals surface area (Å²) in [5.41, 5.74) is 2.62. The number of methoxy groups -OCH3 is 1. The fraction of sp³-hybridized carbons (Fsp3) is 0.389. The topological polar surface area (TPSA) is 31.1 Å². The molecule has 0 aliphatic carbocycles. The Labute approximate surface area is 132 Å². The fourth-order valence-corrected chi connectivity index (χ4v) is 3.16. The van der Waals surface area contributed by atoms with Crippen LogP contribution in [0.15, 0.2) is 42.6 Å². The van der Waals surface area contributed by atoms with Crippen molar-refractivity contribution in [1.82, 2.24) is 0 Å². The minimum Gasteiger partial charge on any atom is -0.496 e. The molecule has 3 rings (SSSR count). The van der Waals surface area contributed by atoms with E-state index in [1.165, 1.54) is 30.0 Å². The highest BCUT2D eigenvalue weighted by molar-refractivity contribution is 5.36. The number of H-pyrrole nitrogens is 1. The van der Waals surface area contributed by atoms with Crippen molar-refractivity contribution < 1.29 is 14.6 Å². The number of hydrogen-bond donors (Lipinski definition) is 1. The molecule has 0 spiro atoms. The summed E-state index contributed by atoms with van der Waals surface area (Å²) >= 11 is 0. The van der Waals surface area contributed by atoms with Gasteiger partial charge in [0, 0.05) is 11.6 Å². The van der Waals surface area contributed by atoms with Crippen LogP contribution in [0.2, 0.25) is 0 Å². The van der Waals surface area contributed by atoms with E-state index in [2.05, 4.69) is 47.1 Å². The zero-order valence-electron chi connectivity index (χ0n) is 13.4. The van der Waals surface area contributed by atoms with E-state index >= 15 is 0 Å². The highest BCUT2D eigenvalue weighted by Crippen LogP contribution is 2.18. The van der Waals surface area contributed by atoms with Gasteiger partial charge in [-0.05, 0) is 36.8 Å². The Balaban J connectivity index is 1.57. The third kappa shape index (κ3) is 3.39. The zero-order valence-corrected chi connectivity index (χ0v) is 13.4. The van der Waals surface area contributed by atoms with E-state index in [4.69, 9.17) is 4.74 Å². The number of benzene rings is 1. The van der Waals surface area contributed by atoms with Gasteiger partial charge in [0.25, 0.3) is 5.82 Å². The third-order valence-corrected chi connectivity index (χ3v) is 4.42. The highest BCUT2D eigenvalue weighted by Gasteiger charge is 2.25. The summed E-state index contributed by atoms with van der Waals surface area (Å²) in [6.45, 7) is 7.76. The second kappa shape index (κ2) is 6.79. The van der Waals surface area contributed by atoms with Crippen molar-refractivity contribution in [3.63, 3.8) is 0 Å². The van der Waals surface area contributed by atoms with E-state index in [1.54, 1.807) is 12.0 Å². The van der Waals surface area contributed by atoms with Crippen LogP contribution < -0.4 is 19.5 Å². The molecule has 0 amide bonds. The Bertz CT molecular complexity index is 607. The van der Waals surface area contributed by atoms with Gasteiger partial charge in [0.1, 0.15) is 38.5 Å². The molecule has 4 heteroatoms. The second-order valence-corrected chi connectivity index (χ2v) is 5.97. The quantitative estimate of drug-likeness (QED) is 0.902. The third-order valence-electron chi connectivity index (χ3n) is 4.42. The lowest BCUT2D eigenvalue weighted by atomic mass is 10.1. The maximum absolute atomic E-state index is 5.34. The summed E-state index contributed by atoms with van der Waals surface area (Å²) in [5, 5.41) is 0. The lowest BCUT2D eigenvalue weighted by molar-refractivity contribution is -0.914. The maximum Gasteiger partial charge on any atom is 0.274 e. The first kappa shape index (κ1) is 14.9. The number of aromatic amines is 1. The van der Waals surface area contributed by atoms with Gasteiger partial charge in [-0.2, -0.15) is 0 Å². The number of ether oxygens (including phenoxy) is 1. The molecule has 2 N–H and O–H groups in total. The molecule has 1 aliphatic heterocycles. The number of aryl methyl sites for hydroxylation is 1. The number of nitrogens with zero attached hydrogens (tertiary/aromatic N) is 1. The number of hydrogen-bond acceptors (Lipinski definition) is 2. The van der Waals surface area contributed by atoms with Crippen LogP contribution in [-0.4, -0.2) is 33.3 Å². The minimum atomic E-state index is 0.975. The minimum absolute atomic E-state index is 0.975. The van der Waals surface area contributed by atoms with Crippen molar-refractivity contribution in [2.45, 2.75) is 13.5 Å². The Kier molecular flexibility index (Phi) is 4.59. The van der Waals surface area contributed by atoms with Gasteiger partial charge in [0.15, 0.2) is 0 Å². The van der Waals surface area contributed by atoms with E-state index in [0.29, 0.717) is 0 Å². The van der Waals surface area contributed by atoms with E-state index in [1.807, 2.05) is 12.3 Å². The first-order valence-corrected chi connectivity index (χ1v) is 7.95. The summed E-state index contributed by atoms with van der Waals surface area (Å²) in [6.07, 6.45) is 1.99. The number of anilines is 1. The van der Waals surface area contributed by atoms with Crippen molar-refractivity contribution in [2.75, 3.05) is 38.2 Å². The predicted molar refractivity (Wildman–Crippen MR) is 87.3 cm³/mol. The van der Waals surface area contributed by atoms with Gasteiger partial charge in [0.05, 0.1) is 13.3 Å². The molecule has 1 aliphatic rings. The lowest BCUT2D eigenvalue weighted by Crippen LogP contribution is -3.13. The zero-order chi connectivity index (χ0) is 15.4. The summed E-state index contributed by atoms with van der Waals surface area (Å²) in [5.74, 6) is 2.20. The SMILES string of the molecule is COc1ccc(C[NH+]2CCN(c3cccc[nH+]3)CC2)cc1C. The molecule has 0 atom stereocenters. The molecule has 4 nitrogen and oxygen atoms in total. The van der Waals surface area contributed by atoms with Crippen molar-refractivity contribution in [3.05, 3.63) is 53.7 Å². The number of rotatable bonds is 4. The summed E-state index contributed by atoms with van der Waals surface area (Å²) in [7, 11) is 1.73. The van der Waals surface area contributed by atoms with Gasteiger partial charge in [-0.1, -0.05) is 6.07 Å². The Morgan fingerprint density at radius 2 is 2.00 bits per heavy atom. The van der Waals surface area contributed by atoms with Gasteiger partial charge >= 0.3 is 0 Å². The molecule has 0 unspecified atom stereocenters. The van der Waals surface area contributed by atoms with Crippen LogP contribution in [0.4, 0.5) is 5.82 Å². The van der Waals surface area contributed by atoms with E-state index in [9.17, 15) is 0 Å². The Morgan fingerprint density at radius 1 is 1.18 bits per heavy atom. The number of aromatic nitrogens is 1. The molecular formula is C18H25N3O+2. The molecule has 0 radical (unpaired) electrons. The molecule has 0 bridgehead atoms. The standard InChI is InChI=1S/C18H23N3O/c1-15-13-16(6-7-17(15)22-2)14-20-9-11-21(12-10-20)18-5-3-4-8-19-18/h3-8,13H,9-12,14H2,1-2H3/p+2. The molecule has 2 aromatic rings. The smallest absolute Gasteiger partial charge is 0.274 e. The molecule has 116 valence electrons. The lowest BCUT2D eigenvalue weighted by Gasteiger charge is -2.28. The normalized spacial score (nSPS) is 15.8. The van der Waals surface area contributed by atoms with Gasteiger partial charge in [-0.15, -0.1) is 0 Å². The molecule has 22 heavy (non-hydrogen) atoms. The maximum atomic E-state index is 5.34. The molecule has 1 aromatic carbocycles. The summed E-state index contributed by atoms with van der Waals surface area (Å²) in [4.78, 5) is 7.41. The first-order chi connectivity index (χ1) is 10.8. The molecular weight excluding hydrogens is 274 g/mol. The molecule has 1 fully saturated rings. The summed E-state index contributed by atoms with van der Waals surface area (Å²) in [6, 6.07) is 12.8. The fourth-order valence-electron chi connectivity index (χ4n) is 3.16. The average Bonchev–Trinajstić information content (AvgIpc) is 2.57. The van der Waals surface area contributed by atoms with Crippen LogP contribution in [0.25, 0.3) is 0 Å². The second-order valence-electron chi connectivity index (χ2n) is 5.97. The van der Waals surface area contributed by atoms with Crippen LogP contribution in [0.1, 0.15) is 11.1 Å². The molecule has 2 heterocycles. The molecule has 0 saturated carbocycles. The predicted octanol–water partition coefficient (Wildman–Crippen LogP) is 0.723. The van der Waals surface area contributed by atoms with Crippen LogP contribution in [0.5, 0.6) is 5.75 Å².